The second kappa shape index (κ2) is 8.40. The molecule has 0 spiro atoms. The molecule has 1 aliphatic rings. The van der Waals surface area contributed by atoms with Gasteiger partial charge in [0.2, 0.25) is 0 Å². The van der Waals surface area contributed by atoms with E-state index < -0.39 is 0 Å². The molecule has 0 radical (unpaired) electrons. The van der Waals surface area contributed by atoms with E-state index in [4.69, 9.17) is 4.74 Å². The van der Waals surface area contributed by atoms with Gasteiger partial charge in [0, 0.05) is 6.54 Å². The summed E-state index contributed by atoms with van der Waals surface area (Å²) in [7, 11) is 2.05. The molecule has 1 N–H and O–H groups in total. The largest absolute Gasteiger partial charge is 0.494 e. The Morgan fingerprint density at radius 1 is 1.19 bits per heavy atom. The van der Waals surface area contributed by atoms with Crippen molar-refractivity contribution >= 4 is 0 Å². The van der Waals surface area contributed by atoms with E-state index in [0.29, 0.717) is 0 Å². The molecule has 0 unspecified atom stereocenters. The van der Waals surface area contributed by atoms with Crippen molar-refractivity contribution in [3.05, 3.63) is 29.3 Å². The molecule has 0 bridgehead atoms. The number of nitrogens with zero attached hydrogens (tertiary/aromatic N) is 1. The summed E-state index contributed by atoms with van der Waals surface area (Å²) in [6.45, 7) is 9.92. The number of piperidine rings is 1. The molecule has 1 aliphatic heterocycles. The standard InChI is InChI=1S/C18H30N2O/c1-15-5-6-18(13-16(15)2)21-12-4-9-20-10-7-17(8-11-20)14-19-3/h5-6,13,17,19H,4,7-12,14H2,1-3H3. The lowest BCUT2D eigenvalue weighted by atomic mass is 9.97. The summed E-state index contributed by atoms with van der Waals surface area (Å²) in [5, 5.41) is 3.29. The number of nitrogens with one attached hydrogen (secondary N) is 1. The monoisotopic (exact) mass is 290 g/mol. The molecule has 1 aromatic carbocycles. The van der Waals surface area contributed by atoms with Crippen molar-refractivity contribution in [2.75, 3.05) is 39.8 Å². The van der Waals surface area contributed by atoms with Gasteiger partial charge in [0.15, 0.2) is 0 Å². The van der Waals surface area contributed by atoms with Crippen molar-refractivity contribution in [1.82, 2.24) is 10.2 Å². The summed E-state index contributed by atoms with van der Waals surface area (Å²) in [6.07, 6.45) is 3.78. The SMILES string of the molecule is CNCC1CCN(CCCOc2ccc(C)c(C)c2)CC1. The number of rotatable bonds is 7. The van der Waals surface area contributed by atoms with E-state index in [2.05, 4.69) is 49.3 Å². The molecule has 2 rings (SSSR count). The van der Waals surface area contributed by atoms with E-state index in [1.54, 1.807) is 0 Å². The Morgan fingerprint density at radius 2 is 1.95 bits per heavy atom. The zero-order valence-corrected chi connectivity index (χ0v) is 13.8. The lowest BCUT2D eigenvalue weighted by Crippen LogP contribution is -2.37. The molecule has 0 aliphatic carbocycles. The normalized spacial score (nSPS) is 17.1. The number of aryl methyl sites for hydroxylation is 2. The summed E-state index contributed by atoms with van der Waals surface area (Å²) in [6, 6.07) is 6.35. The summed E-state index contributed by atoms with van der Waals surface area (Å²) in [5.41, 5.74) is 2.63. The molecule has 1 saturated heterocycles. The molecule has 3 nitrogen and oxygen atoms in total. The first-order valence-corrected chi connectivity index (χ1v) is 8.26. The van der Waals surface area contributed by atoms with Crippen molar-refractivity contribution in [1.29, 1.82) is 0 Å². The third kappa shape index (κ3) is 5.33. The molecule has 21 heavy (non-hydrogen) atoms. The smallest absolute Gasteiger partial charge is 0.119 e. The van der Waals surface area contributed by atoms with Crippen molar-refractivity contribution in [3.63, 3.8) is 0 Å². The van der Waals surface area contributed by atoms with Crippen LogP contribution in [0.3, 0.4) is 0 Å². The molecule has 1 heterocycles. The minimum absolute atomic E-state index is 0.818. The minimum atomic E-state index is 0.818. The molecule has 3 heteroatoms. The molecule has 118 valence electrons. The lowest BCUT2D eigenvalue weighted by molar-refractivity contribution is 0.170. The highest BCUT2D eigenvalue weighted by Crippen LogP contribution is 2.18. The van der Waals surface area contributed by atoms with E-state index in [1.807, 2.05) is 0 Å². The second-order valence-electron chi connectivity index (χ2n) is 6.29. The summed E-state index contributed by atoms with van der Waals surface area (Å²) < 4.78 is 5.86. The number of hydrogen-bond donors (Lipinski definition) is 1. The Hall–Kier alpha value is -1.06. The van der Waals surface area contributed by atoms with Crippen LogP contribution in [-0.2, 0) is 0 Å². The highest BCUT2D eigenvalue weighted by Gasteiger charge is 2.17. The molecule has 0 aromatic heterocycles. The van der Waals surface area contributed by atoms with Crippen LogP contribution in [0.15, 0.2) is 18.2 Å². The molecule has 0 atom stereocenters. The number of benzene rings is 1. The average Bonchev–Trinajstić information content (AvgIpc) is 2.49. The van der Waals surface area contributed by atoms with Gasteiger partial charge in [-0.3, -0.25) is 0 Å². The van der Waals surface area contributed by atoms with Crippen molar-refractivity contribution in [2.45, 2.75) is 33.1 Å². The predicted octanol–water partition coefficient (Wildman–Crippen LogP) is 3.00. The van der Waals surface area contributed by atoms with Gasteiger partial charge in [-0.1, -0.05) is 6.07 Å². The third-order valence-corrected chi connectivity index (χ3v) is 4.57. The zero-order valence-electron chi connectivity index (χ0n) is 13.8. The fourth-order valence-electron chi connectivity index (χ4n) is 2.98. The van der Waals surface area contributed by atoms with Crippen LogP contribution in [0.4, 0.5) is 0 Å². The Labute approximate surface area is 129 Å². The van der Waals surface area contributed by atoms with Crippen LogP contribution in [0.2, 0.25) is 0 Å². The van der Waals surface area contributed by atoms with E-state index >= 15 is 0 Å². The van der Waals surface area contributed by atoms with Gasteiger partial charge >= 0.3 is 0 Å². The number of hydrogen-bond acceptors (Lipinski definition) is 3. The molecule has 1 fully saturated rings. The van der Waals surface area contributed by atoms with E-state index in [0.717, 1.165) is 31.2 Å². The Morgan fingerprint density at radius 3 is 2.62 bits per heavy atom. The van der Waals surface area contributed by atoms with Gasteiger partial charge in [-0.25, -0.2) is 0 Å². The maximum absolute atomic E-state index is 5.86. The van der Waals surface area contributed by atoms with Crippen LogP contribution < -0.4 is 10.1 Å². The van der Waals surface area contributed by atoms with Gasteiger partial charge in [-0.2, -0.15) is 0 Å². The quantitative estimate of drug-likeness (QED) is 0.781. The first kappa shape index (κ1) is 16.3. The van der Waals surface area contributed by atoms with Gasteiger partial charge in [-0.05, 0) is 89.0 Å². The maximum atomic E-state index is 5.86. The molecule has 0 amide bonds. The van der Waals surface area contributed by atoms with Crippen LogP contribution in [0.1, 0.15) is 30.4 Å². The highest BCUT2D eigenvalue weighted by molar-refractivity contribution is 5.33. The molecule has 0 saturated carbocycles. The van der Waals surface area contributed by atoms with Crippen LogP contribution in [0.25, 0.3) is 0 Å². The Kier molecular flexibility index (Phi) is 6.52. The number of ether oxygens (including phenoxy) is 1. The van der Waals surface area contributed by atoms with Crippen LogP contribution >= 0.6 is 0 Å². The Bertz CT molecular complexity index is 425. The Balaban J connectivity index is 1.61. The van der Waals surface area contributed by atoms with Crippen molar-refractivity contribution in [2.24, 2.45) is 5.92 Å². The van der Waals surface area contributed by atoms with E-state index in [9.17, 15) is 0 Å². The maximum Gasteiger partial charge on any atom is 0.119 e. The van der Waals surface area contributed by atoms with Crippen molar-refractivity contribution in [3.8, 4) is 5.75 Å². The second-order valence-corrected chi connectivity index (χ2v) is 6.29. The summed E-state index contributed by atoms with van der Waals surface area (Å²) in [5.74, 6) is 1.88. The van der Waals surface area contributed by atoms with Gasteiger partial charge in [0.05, 0.1) is 6.61 Å². The lowest BCUT2D eigenvalue weighted by Gasteiger charge is -2.31. The topological polar surface area (TPSA) is 24.5 Å². The number of likely N-dealkylation sites (tertiary alicyclic amines) is 1. The fraction of sp³-hybridized carbons (Fsp3) is 0.667. The van der Waals surface area contributed by atoms with Gasteiger partial charge < -0.3 is 15.0 Å². The predicted molar refractivity (Wildman–Crippen MR) is 89.1 cm³/mol. The van der Waals surface area contributed by atoms with Crippen LogP contribution in [0.5, 0.6) is 5.75 Å². The summed E-state index contributed by atoms with van der Waals surface area (Å²) in [4.78, 5) is 2.58. The van der Waals surface area contributed by atoms with Gasteiger partial charge in [0.1, 0.15) is 5.75 Å². The van der Waals surface area contributed by atoms with E-state index in [-0.39, 0.29) is 0 Å². The van der Waals surface area contributed by atoms with Gasteiger partial charge in [0.25, 0.3) is 0 Å². The first-order chi connectivity index (χ1) is 10.2. The fourth-order valence-corrected chi connectivity index (χ4v) is 2.98. The van der Waals surface area contributed by atoms with Crippen LogP contribution in [0, 0.1) is 19.8 Å². The van der Waals surface area contributed by atoms with Crippen molar-refractivity contribution < 1.29 is 4.74 Å². The zero-order chi connectivity index (χ0) is 15.1. The van der Waals surface area contributed by atoms with Crippen LogP contribution in [-0.4, -0.2) is 44.7 Å². The van der Waals surface area contributed by atoms with E-state index in [1.165, 1.54) is 43.6 Å². The molecular formula is C18H30N2O. The average molecular weight is 290 g/mol. The molecule has 1 aromatic rings. The first-order valence-electron chi connectivity index (χ1n) is 8.26. The minimum Gasteiger partial charge on any atom is -0.494 e. The third-order valence-electron chi connectivity index (χ3n) is 4.57. The highest BCUT2D eigenvalue weighted by atomic mass is 16.5. The molecular weight excluding hydrogens is 260 g/mol. The summed E-state index contributed by atoms with van der Waals surface area (Å²) >= 11 is 0. The van der Waals surface area contributed by atoms with Gasteiger partial charge in [-0.15, -0.1) is 0 Å².